The van der Waals surface area contributed by atoms with Gasteiger partial charge < -0.3 is 9.47 Å². The highest BCUT2D eigenvalue weighted by Crippen LogP contribution is 2.28. The molecule has 1 aromatic carbocycles. The molecule has 0 fully saturated rings. The van der Waals surface area contributed by atoms with Crippen LogP contribution in [0.4, 0.5) is 0 Å². The first-order valence-corrected chi connectivity index (χ1v) is 5.03. The van der Waals surface area contributed by atoms with Crippen LogP contribution in [-0.2, 0) is 6.42 Å². The van der Waals surface area contributed by atoms with Gasteiger partial charge in [-0.05, 0) is 30.5 Å². The summed E-state index contributed by atoms with van der Waals surface area (Å²) in [5, 5.41) is 0. The lowest BCUT2D eigenvalue weighted by Gasteiger charge is -2.12. The fraction of sp³-hybridized carbons (Fsp3) is 0.455. The lowest BCUT2D eigenvalue weighted by Crippen LogP contribution is -1.98. The van der Waals surface area contributed by atoms with E-state index in [1.54, 1.807) is 14.2 Å². The summed E-state index contributed by atoms with van der Waals surface area (Å²) in [6.45, 7) is 2.03. The van der Waals surface area contributed by atoms with E-state index < -0.39 is 0 Å². The van der Waals surface area contributed by atoms with Gasteiger partial charge in [-0.25, -0.2) is 0 Å². The molecule has 0 unspecified atom stereocenters. The van der Waals surface area contributed by atoms with Crippen molar-refractivity contribution in [3.05, 3.63) is 23.3 Å². The van der Waals surface area contributed by atoms with E-state index in [-0.39, 0.29) is 0 Å². The molecule has 0 aliphatic carbocycles. The van der Waals surface area contributed by atoms with Crippen molar-refractivity contribution in [3.63, 3.8) is 0 Å². The summed E-state index contributed by atoms with van der Waals surface area (Å²) < 4.78 is 10.4. The molecule has 0 saturated carbocycles. The predicted molar refractivity (Wildman–Crippen MR) is 58.7 cm³/mol. The number of alkyl halides is 1. The van der Waals surface area contributed by atoms with Crippen molar-refractivity contribution in [2.45, 2.75) is 13.3 Å². The molecule has 1 rings (SSSR count). The number of methoxy groups -OCH3 is 2. The molecule has 14 heavy (non-hydrogen) atoms. The van der Waals surface area contributed by atoms with E-state index in [1.807, 2.05) is 19.1 Å². The maximum Gasteiger partial charge on any atom is 0.126 e. The third kappa shape index (κ3) is 2.32. The van der Waals surface area contributed by atoms with Crippen LogP contribution in [0.3, 0.4) is 0 Å². The highest BCUT2D eigenvalue weighted by molar-refractivity contribution is 6.18. The van der Waals surface area contributed by atoms with Crippen molar-refractivity contribution >= 4 is 11.6 Å². The monoisotopic (exact) mass is 214 g/mol. The second-order valence-electron chi connectivity index (χ2n) is 3.06. The summed E-state index contributed by atoms with van der Waals surface area (Å²) in [4.78, 5) is 0. The van der Waals surface area contributed by atoms with Crippen molar-refractivity contribution in [1.29, 1.82) is 0 Å². The van der Waals surface area contributed by atoms with Crippen LogP contribution in [-0.4, -0.2) is 20.1 Å². The maximum atomic E-state index is 5.72. The summed E-state index contributed by atoms with van der Waals surface area (Å²) in [7, 11) is 3.31. The van der Waals surface area contributed by atoms with E-state index in [2.05, 4.69) is 0 Å². The van der Waals surface area contributed by atoms with Crippen molar-refractivity contribution in [3.8, 4) is 11.5 Å². The minimum Gasteiger partial charge on any atom is -0.497 e. The fourth-order valence-corrected chi connectivity index (χ4v) is 1.66. The molecule has 3 heteroatoms. The van der Waals surface area contributed by atoms with Crippen LogP contribution in [0.2, 0.25) is 0 Å². The van der Waals surface area contributed by atoms with Gasteiger partial charge in [0.15, 0.2) is 0 Å². The number of hydrogen-bond acceptors (Lipinski definition) is 2. The zero-order valence-corrected chi connectivity index (χ0v) is 9.52. The van der Waals surface area contributed by atoms with Gasteiger partial charge in [0.05, 0.1) is 14.2 Å². The largest absolute Gasteiger partial charge is 0.497 e. The van der Waals surface area contributed by atoms with E-state index in [9.17, 15) is 0 Å². The molecule has 0 bridgehead atoms. The predicted octanol–water partition coefficient (Wildman–Crippen LogP) is 2.79. The smallest absolute Gasteiger partial charge is 0.126 e. The van der Waals surface area contributed by atoms with Gasteiger partial charge in [0.1, 0.15) is 11.5 Å². The van der Waals surface area contributed by atoms with Crippen LogP contribution in [0, 0.1) is 6.92 Å². The van der Waals surface area contributed by atoms with Gasteiger partial charge in [0.2, 0.25) is 0 Å². The quantitative estimate of drug-likeness (QED) is 0.718. The minimum absolute atomic E-state index is 0.601. The summed E-state index contributed by atoms with van der Waals surface area (Å²) >= 11 is 5.72. The van der Waals surface area contributed by atoms with Crippen LogP contribution < -0.4 is 9.47 Å². The highest BCUT2D eigenvalue weighted by Gasteiger charge is 2.08. The first-order chi connectivity index (χ1) is 6.72. The Morgan fingerprint density at radius 3 is 2.43 bits per heavy atom. The molecule has 0 atom stereocenters. The van der Waals surface area contributed by atoms with Gasteiger partial charge in [-0.3, -0.25) is 0 Å². The van der Waals surface area contributed by atoms with Crippen LogP contribution in [0.1, 0.15) is 11.1 Å². The lowest BCUT2D eigenvalue weighted by molar-refractivity contribution is 0.390. The molecule has 0 radical (unpaired) electrons. The van der Waals surface area contributed by atoms with E-state index >= 15 is 0 Å². The number of rotatable bonds is 4. The number of benzene rings is 1. The maximum absolute atomic E-state index is 5.72. The van der Waals surface area contributed by atoms with Crippen molar-refractivity contribution in [2.24, 2.45) is 0 Å². The first kappa shape index (κ1) is 11.2. The van der Waals surface area contributed by atoms with Gasteiger partial charge >= 0.3 is 0 Å². The highest BCUT2D eigenvalue weighted by atomic mass is 35.5. The summed E-state index contributed by atoms with van der Waals surface area (Å²) in [6, 6.07) is 3.87. The third-order valence-electron chi connectivity index (χ3n) is 2.21. The van der Waals surface area contributed by atoms with Crippen molar-refractivity contribution < 1.29 is 9.47 Å². The second kappa shape index (κ2) is 5.11. The Balaban J connectivity index is 3.13. The van der Waals surface area contributed by atoms with Crippen LogP contribution in [0.15, 0.2) is 12.1 Å². The second-order valence-corrected chi connectivity index (χ2v) is 3.44. The molecule has 0 heterocycles. The van der Waals surface area contributed by atoms with Gasteiger partial charge in [-0.2, -0.15) is 0 Å². The van der Waals surface area contributed by atoms with Gasteiger partial charge in [-0.15, -0.1) is 11.6 Å². The molecule has 0 aromatic heterocycles. The zero-order chi connectivity index (χ0) is 10.6. The Kier molecular flexibility index (Phi) is 4.08. The summed E-state index contributed by atoms with van der Waals surface area (Å²) in [5.41, 5.74) is 2.31. The van der Waals surface area contributed by atoms with E-state index in [0.29, 0.717) is 5.88 Å². The lowest BCUT2D eigenvalue weighted by atomic mass is 10.0. The standard InChI is InChI=1S/C11H15ClO2/c1-8-6-9(13-2)7-11(14-3)10(8)4-5-12/h6-7H,4-5H2,1-3H3. The topological polar surface area (TPSA) is 18.5 Å². The Labute approximate surface area is 89.8 Å². The molecular formula is C11H15ClO2. The van der Waals surface area contributed by atoms with E-state index in [4.69, 9.17) is 21.1 Å². The van der Waals surface area contributed by atoms with Crippen LogP contribution in [0.25, 0.3) is 0 Å². The summed E-state index contributed by atoms with van der Waals surface area (Å²) in [6.07, 6.45) is 0.820. The van der Waals surface area contributed by atoms with Gasteiger partial charge in [-0.1, -0.05) is 0 Å². The normalized spacial score (nSPS) is 10.0. The van der Waals surface area contributed by atoms with Gasteiger partial charge in [0.25, 0.3) is 0 Å². The molecular weight excluding hydrogens is 200 g/mol. The molecule has 0 spiro atoms. The number of hydrogen-bond donors (Lipinski definition) is 0. The molecule has 0 amide bonds. The first-order valence-electron chi connectivity index (χ1n) is 4.50. The Hall–Kier alpha value is -0.890. The zero-order valence-electron chi connectivity index (χ0n) is 8.76. The molecule has 0 saturated heterocycles. The average Bonchev–Trinajstić information content (AvgIpc) is 2.20. The number of halogens is 1. The van der Waals surface area contributed by atoms with Crippen LogP contribution >= 0.6 is 11.6 Å². The van der Waals surface area contributed by atoms with Crippen molar-refractivity contribution in [2.75, 3.05) is 20.1 Å². The Morgan fingerprint density at radius 2 is 1.93 bits per heavy atom. The molecule has 2 nitrogen and oxygen atoms in total. The third-order valence-corrected chi connectivity index (χ3v) is 2.39. The van der Waals surface area contributed by atoms with E-state index in [0.717, 1.165) is 29.0 Å². The average molecular weight is 215 g/mol. The fourth-order valence-electron chi connectivity index (χ4n) is 1.47. The molecule has 0 N–H and O–H groups in total. The molecule has 78 valence electrons. The molecule has 0 aliphatic rings. The van der Waals surface area contributed by atoms with E-state index in [1.165, 1.54) is 0 Å². The Bertz CT molecular complexity index is 310. The van der Waals surface area contributed by atoms with Gasteiger partial charge in [0, 0.05) is 11.9 Å². The molecule has 1 aromatic rings. The minimum atomic E-state index is 0.601. The number of aryl methyl sites for hydroxylation is 1. The van der Waals surface area contributed by atoms with Crippen molar-refractivity contribution in [1.82, 2.24) is 0 Å². The molecule has 0 aliphatic heterocycles. The SMILES string of the molecule is COc1cc(C)c(CCCl)c(OC)c1. The Morgan fingerprint density at radius 1 is 1.21 bits per heavy atom. The van der Waals surface area contributed by atoms with Crippen LogP contribution in [0.5, 0.6) is 11.5 Å². The number of ether oxygens (including phenoxy) is 2. The summed E-state index contributed by atoms with van der Waals surface area (Å²) in [5.74, 6) is 2.27.